The number of hydrogen-bond donors (Lipinski definition) is 1. The Hall–Kier alpha value is -1.65. The van der Waals surface area contributed by atoms with Gasteiger partial charge in [0.05, 0.1) is 6.54 Å². The fourth-order valence-corrected chi connectivity index (χ4v) is 2.39. The van der Waals surface area contributed by atoms with Crippen molar-refractivity contribution in [3.63, 3.8) is 0 Å². The van der Waals surface area contributed by atoms with Crippen molar-refractivity contribution in [1.82, 2.24) is 9.97 Å². The first-order valence-electron chi connectivity index (χ1n) is 6.66. The number of Topliss-reactive ketones (excluding diaryl/α,β-unsaturated/α-hetero) is 1. The van der Waals surface area contributed by atoms with E-state index in [1.807, 2.05) is 11.0 Å². The van der Waals surface area contributed by atoms with Crippen LogP contribution in [0.3, 0.4) is 0 Å². The van der Waals surface area contributed by atoms with Crippen LogP contribution in [-0.4, -0.2) is 34.9 Å². The zero-order chi connectivity index (χ0) is 12.4. The Bertz CT molecular complexity index is 444. The zero-order valence-electron chi connectivity index (χ0n) is 10.4. The molecule has 1 aromatic rings. The summed E-state index contributed by atoms with van der Waals surface area (Å²) in [5.74, 6) is 2.04. The molecular formula is C13H18N4O. The third-order valence-corrected chi connectivity index (χ3v) is 3.68. The molecule has 1 saturated carbocycles. The predicted octanol–water partition coefficient (Wildman–Crippen LogP) is 1.61. The molecule has 3 rings (SSSR count). The van der Waals surface area contributed by atoms with Crippen molar-refractivity contribution in [2.24, 2.45) is 0 Å². The summed E-state index contributed by atoms with van der Waals surface area (Å²) in [5.41, 5.74) is 0. The lowest BCUT2D eigenvalue weighted by Gasteiger charge is -2.29. The van der Waals surface area contributed by atoms with Gasteiger partial charge < -0.3 is 10.2 Å². The molecule has 0 radical (unpaired) electrons. The molecule has 1 aliphatic heterocycles. The summed E-state index contributed by atoms with van der Waals surface area (Å²) >= 11 is 0. The third-order valence-electron chi connectivity index (χ3n) is 3.68. The Morgan fingerprint density at radius 1 is 1.28 bits per heavy atom. The van der Waals surface area contributed by atoms with Gasteiger partial charge >= 0.3 is 0 Å². The van der Waals surface area contributed by atoms with Crippen molar-refractivity contribution in [3.05, 3.63) is 12.4 Å². The molecule has 0 spiro atoms. The Morgan fingerprint density at radius 3 is 2.89 bits per heavy atom. The topological polar surface area (TPSA) is 58.1 Å². The Labute approximate surface area is 107 Å². The molecule has 5 nitrogen and oxygen atoms in total. The number of nitrogens with one attached hydrogen (secondary N) is 1. The van der Waals surface area contributed by atoms with Gasteiger partial charge in [0.15, 0.2) is 5.78 Å². The highest BCUT2D eigenvalue weighted by Gasteiger charge is 2.20. The third kappa shape index (κ3) is 2.44. The minimum absolute atomic E-state index is 0.299. The van der Waals surface area contributed by atoms with Crippen LogP contribution in [0.5, 0.6) is 0 Å². The molecule has 1 saturated heterocycles. The number of aromatic nitrogens is 2. The van der Waals surface area contributed by atoms with Crippen molar-refractivity contribution in [3.8, 4) is 0 Å². The number of anilines is 2. The molecular weight excluding hydrogens is 228 g/mol. The number of ketones is 1. The predicted molar refractivity (Wildman–Crippen MR) is 69.7 cm³/mol. The number of nitrogens with zero attached hydrogens (tertiary/aromatic N) is 3. The minimum atomic E-state index is 0.299. The van der Waals surface area contributed by atoms with Crippen LogP contribution in [0, 0.1) is 0 Å². The number of hydrogen-bond acceptors (Lipinski definition) is 5. The van der Waals surface area contributed by atoms with Crippen LogP contribution in [0.2, 0.25) is 0 Å². The summed E-state index contributed by atoms with van der Waals surface area (Å²) in [5, 5.41) is 3.41. The molecule has 0 atom stereocenters. The summed E-state index contributed by atoms with van der Waals surface area (Å²) in [4.78, 5) is 22.0. The first-order valence-corrected chi connectivity index (χ1v) is 6.66. The molecule has 1 aromatic heterocycles. The first kappa shape index (κ1) is 11.4. The smallest absolute Gasteiger partial charge is 0.152 e. The maximum atomic E-state index is 11.5. The maximum absolute atomic E-state index is 11.5. The van der Waals surface area contributed by atoms with Crippen molar-refractivity contribution in [2.45, 2.75) is 38.1 Å². The summed E-state index contributed by atoms with van der Waals surface area (Å²) in [6, 6.07) is 2.52. The summed E-state index contributed by atoms with van der Waals surface area (Å²) in [6.45, 7) is 1.39. The van der Waals surface area contributed by atoms with Gasteiger partial charge in [-0.3, -0.25) is 4.79 Å². The highest BCUT2D eigenvalue weighted by atomic mass is 16.1. The quantitative estimate of drug-likeness (QED) is 0.878. The van der Waals surface area contributed by atoms with Crippen molar-refractivity contribution in [2.75, 3.05) is 23.3 Å². The highest BCUT2D eigenvalue weighted by Crippen LogP contribution is 2.24. The van der Waals surface area contributed by atoms with Gasteiger partial charge in [0, 0.05) is 25.1 Å². The molecule has 0 bridgehead atoms. The Kier molecular flexibility index (Phi) is 3.13. The number of piperidine rings is 1. The monoisotopic (exact) mass is 246 g/mol. The second-order valence-electron chi connectivity index (χ2n) is 5.10. The standard InChI is InChI=1S/C13H18N4O/c18-11-5-2-6-17(8-11)13-7-12(14-9-15-13)16-10-3-1-4-10/h7,9-10H,1-6,8H2,(H,14,15,16). The Balaban J connectivity index is 1.70. The summed E-state index contributed by atoms with van der Waals surface area (Å²) in [7, 11) is 0. The van der Waals surface area contributed by atoms with Gasteiger partial charge in [0.1, 0.15) is 18.0 Å². The van der Waals surface area contributed by atoms with Gasteiger partial charge in [0.2, 0.25) is 0 Å². The van der Waals surface area contributed by atoms with Crippen molar-refractivity contribution >= 4 is 17.4 Å². The van der Waals surface area contributed by atoms with Gasteiger partial charge in [-0.15, -0.1) is 0 Å². The number of rotatable bonds is 3. The molecule has 18 heavy (non-hydrogen) atoms. The average Bonchev–Trinajstić information content (AvgIpc) is 2.34. The second kappa shape index (κ2) is 4.92. The lowest BCUT2D eigenvalue weighted by atomic mass is 9.93. The fraction of sp³-hybridized carbons (Fsp3) is 0.615. The van der Waals surface area contributed by atoms with E-state index in [9.17, 15) is 4.79 Å². The van der Waals surface area contributed by atoms with Crippen molar-refractivity contribution in [1.29, 1.82) is 0 Å². The lowest BCUT2D eigenvalue weighted by molar-refractivity contribution is -0.118. The van der Waals surface area contributed by atoms with Crippen LogP contribution in [0.1, 0.15) is 32.1 Å². The van der Waals surface area contributed by atoms with E-state index in [0.717, 1.165) is 24.6 Å². The van der Waals surface area contributed by atoms with Crippen LogP contribution in [0.4, 0.5) is 11.6 Å². The maximum Gasteiger partial charge on any atom is 0.152 e. The highest BCUT2D eigenvalue weighted by molar-refractivity contribution is 5.84. The van der Waals surface area contributed by atoms with Crippen LogP contribution in [-0.2, 0) is 4.79 Å². The second-order valence-corrected chi connectivity index (χ2v) is 5.10. The van der Waals surface area contributed by atoms with E-state index < -0.39 is 0 Å². The largest absolute Gasteiger partial charge is 0.367 e. The molecule has 0 unspecified atom stereocenters. The van der Waals surface area contributed by atoms with Gasteiger partial charge in [0.25, 0.3) is 0 Å². The molecule has 5 heteroatoms. The molecule has 1 N–H and O–H groups in total. The van der Waals surface area contributed by atoms with E-state index >= 15 is 0 Å². The van der Waals surface area contributed by atoms with Gasteiger partial charge in [-0.05, 0) is 25.7 Å². The molecule has 96 valence electrons. The minimum Gasteiger partial charge on any atom is -0.367 e. The van der Waals surface area contributed by atoms with Crippen LogP contribution < -0.4 is 10.2 Å². The van der Waals surface area contributed by atoms with E-state index in [2.05, 4.69) is 15.3 Å². The average molecular weight is 246 g/mol. The fourth-order valence-electron chi connectivity index (χ4n) is 2.39. The Morgan fingerprint density at radius 2 is 2.17 bits per heavy atom. The van der Waals surface area contributed by atoms with Crippen LogP contribution >= 0.6 is 0 Å². The number of carbonyl (C=O) groups is 1. The summed E-state index contributed by atoms with van der Waals surface area (Å²) in [6.07, 6.45) is 6.96. The zero-order valence-corrected chi connectivity index (χ0v) is 10.4. The van der Waals surface area contributed by atoms with Gasteiger partial charge in [-0.1, -0.05) is 0 Å². The van der Waals surface area contributed by atoms with E-state index in [-0.39, 0.29) is 0 Å². The molecule has 0 aromatic carbocycles. The van der Waals surface area contributed by atoms with Crippen LogP contribution in [0.15, 0.2) is 12.4 Å². The lowest BCUT2D eigenvalue weighted by Crippen LogP contribution is -2.36. The van der Waals surface area contributed by atoms with E-state index in [0.29, 0.717) is 24.8 Å². The molecule has 2 heterocycles. The van der Waals surface area contributed by atoms with Gasteiger partial charge in [-0.2, -0.15) is 0 Å². The normalized spacial score (nSPS) is 20.7. The molecule has 1 aliphatic carbocycles. The van der Waals surface area contributed by atoms with E-state index in [1.54, 1.807) is 6.33 Å². The molecule has 2 fully saturated rings. The number of carbonyl (C=O) groups excluding carboxylic acids is 1. The first-order chi connectivity index (χ1) is 8.81. The molecule has 0 amide bonds. The van der Waals surface area contributed by atoms with Gasteiger partial charge in [-0.25, -0.2) is 9.97 Å². The van der Waals surface area contributed by atoms with Crippen molar-refractivity contribution < 1.29 is 4.79 Å². The summed E-state index contributed by atoms with van der Waals surface area (Å²) < 4.78 is 0. The van der Waals surface area contributed by atoms with E-state index in [4.69, 9.17) is 0 Å². The SMILES string of the molecule is O=C1CCCN(c2cc(NC3CCC3)ncn2)C1. The van der Waals surface area contributed by atoms with E-state index in [1.165, 1.54) is 19.3 Å². The van der Waals surface area contributed by atoms with Crippen LogP contribution in [0.25, 0.3) is 0 Å². The molecule has 2 aliphatic rings.